The van der Waals surface area contributed by atoms with Gasteiger partial charge in [0.25, 0.3) is 0 Å². The standard InChI is InChI=1S/C15H23BrN4O2.HI/c1-10-8-12(16)4-5-13(10)20-14(21)6-7-18-15(17)19-11(2)9-22-3;/h4-5,8,11H,6-7,9H2,1-3H3,(H,20,21)(H3,17,18,19);1H. The summed E-state index contributed by atoms with van der Waals surface area (Å²) < 4.78 is 5.98. The van der Waals surface area contributed by atoms with Gasteiger partial charge in [-0.3, -0.25) is 9.79 Å². The van der Waals surface area contributed by atoms with Crippen molar-refractivity contribution in [2.24, 2.45) is 10.7 Å². The summed E-state index contributed by atoms with van der Waals surface area (Å²) in [5, 5.41) is 5.85. The normalized spacial score (nSPS) is 12.3. The Morgan fingerprint density at radius 3 is 2.78 bits per heavy atom. The molecular weight excluding hydrogens is 475 g/mol. The summed E-state index contributed by atoms with van der Waals surface area (Å²) in [4.78, 5) is 16.0. The van der Waals surface area contributed by atoms with Crippen LogP contribution in [0.1, 0.15) is 18.9 Å². The summed E-state index contributed by atoms with van der Waals surface area (Å²) in [5.74, 6) is 0.226. The van der Waals surface area contributed by atoms with Gasteiger partial charge in [0.1, 0.15) is 0 Å². The molecule has 8 heteroatoms. The molecule has 1 unspecified atom stereocenters. The lowest BCUT2D eigenvalue weighted by Gasteiger charge is -2.13. The quantitative estimate of drug-likeness (QED) is 0.306. The van der Waals surface area contributed by atoms with Gasteiger partial charge < -0.3 is 21.1 Å². The van der Waals surface area contributed by atoms with E-state index in [0.29, 0.717) is 19.1 Å². The molecule has 1 amide bonds. The fourth-order valence-corrected chi connectivity index (χ4v) is 2.32. The molecule has 0 bridgehead atoms. The molecule has 1 aromatic rings. The third-order valence-corrected chi connectivity index (χ3v) is 3.39. The van der Waals surface area contributed by atoms with Crippen molar-refractivity contribution < 1.29 is 9.53 Å². The molecule has 0 aromatic heterocycles. The van der Waals surface area contributed by atoms with E-state index in [1.165, 1.54) is 0 Å². The van der Waals surface area contributed by atoms with Crippen molar-refractivity contribution >= 4 is 57.5 Å². The predicted octanol–water partition coefficient (Wildman–Crippen LogP) is 2.64. The Balaban J connectivity index is 0.00000484. The summed E-state index contributed by atoms with van der Waals surface area (Å²) in [6.45, 7) is 4.76. The maximum Gasteiger partial charge on any atom is 0.226 e. The van der Waals surface area contributed by atoms with Crippen LogP contribution in [-0.4, -0.2) is 38.2 Å². The van der Waals surface area contributed by atoms with Crippen LogP contribution in [0.3, 0.4) is 0 Å². The maximum absolute atomic E-state index is 11.9. The smallest absolute Gasteiger partial charge is 0.226 e. The number of nitrogens with one attached hydrogen (secondary N) is 2. The molecule has 0 saturated carbocycles. The molecule has 0 aliphatic carbocycles. The van der Waals surface area contributed by atoms with Crippen LogP contribution in [0.5, 0.6) is 0 Å². The zero-order valence-electron chi connectivity index (χ0n) is 13.6. The minimum atomic E-state index is -0.0908. The van der Waals surface area contributed by atoms with E-state index in [2.05, 4.69) is 31.6 Å². The second-order valence-corrected chi connectivity index (χ2v) is 5.94. The number of hydrogen-bond donors (Lipinski definition) is 3. The lowest BCUT2D eigenvalue weighted by Crippen LogP contribution is -2.40. The molecule has 0 aliphatic rings. The second kappa shape index (κ2) is 11.6. The molecule has 0 radical (unpaired) electrons. The topological polar surface area (TPSA) is 88.7 Å². The number of hydrogen-bond acceptors (Lipinski definition) is 3. The van der Waals surface area contributed by atoms with Crippen molar-refractivity contribution in [2.45, 2.75) is 26.3 Å². The first-order valence-electron chi connectivity index (χ1n) is 7.03. The van der Waals surface area contributed by atoms with Gasteiger partial charge in [0.05, 0.1) is 13.2 Å². The molecule has 0 fully saturated rings. The van der Waals surface area contributed by atoms with Gasteiger partial charge in [0.2, 0.25) is 5.91 Å². The van der Waals surface area contributed by atoms with Crippen LogP contribution in [-0.2, 0) is 9.53 Å². The van der Waals surface area contributed by atoms with Gasteiger partial charge >= 0.3 is 0 Å². The fraction of sp³-hybridized carbons (Fsp3) is 0.467. The molecule has 23 heavy (non-hydrogen) atoms. The van der Waals surface area contributed by atoms with E-state index in [-0.39, 0.29) is 42.3 Å². The maximum atomic E-state index is 11.9. The third-order valence-electron chi connectivity index (χ3n) is 2.89. The second-order valence-electron chi connectivity index (χ2n) is 5.03. The van der Waals surface area contributed by atoms with Crippen molar-refractivity contribution in [2.75, 3.05) is 25.6 Å². The Morgan fingerprint density at radius 1 is 1.48 bits per heavy atom. The lowest BCUT2D eigenvalue weighted by atomic mass is 10.2. The van der Waals surface area contributed by atoms with E-state index in [1.54, 1.807) is 7.11 Å². The van der Waals surface area contributed by atoms with Crippen LogP contribution < -0.4 is 16.4 Å². The van der Waals surface area contributed by atoms with Crippen LogP contribution in [0.15, 0.2) is 27.7 Å². The van der Waals surface area contributed by atoms with E-state index >= 15 is 0 Å². The average Bonchev–Trinajstić information content (AvgIpc) is 2.42. The Labute approximate surface area is 162 Å². The van der Waals surface area contributed by atoms with E-state index in [4.69, 9.17) is 10.5 Å². The Hall–Kier alpha value is -0.870. The van der Waals surface area contributed by atoms with Gasteiger partial charge in [-0.05, 0) is 37.6 Å². The summed E-state index contributed by atoms with van der Waals surface area (Å²) in [5.41, 5.74) is 7.53. The fourth-order valence-electron chi connectivity index (χ4n) is 1.85. The van der Waals surface area contributed by atoms with Crippen LogP contribution in [0.2, 0.25) is 0 Å². The number of benzene rings is 1. The Morgan fingerprint density at radius 2 is 2.17 bits per heavy atom. The third kappa shape index (κ3) is 9.11. The highest BCUT2D eigenvalue weighted by Gasteiger charge is 2.05. The summed E-state index contributed by atoms with van der Waals surface area (Å²) in [7, 11) is 1.62. The molecule has 130 valence electrons. The number of rotatable bonds is 7. The number of carbonyl (C=O) groups excluding carboxylic acids is 1. The number of amides is 1. The molecule has 0 saturated heterocycles. The van der Waals surface area contributed by atoms with E-state index in [9.17, 15) is 4.79 Å². The first-order chi connectivity index (χ1) is 10.4. The van der Waals surface area contributed by atoms with E-state index in [0.717, 1.165) is 15.7 Å². The molecule has 1 atom stereocenters. The summed E-state index contributed by atoms with van der Waals surface area (Å²) in [6, 6.07) is 5.78. The molecule has 0 aliphatic heterocycles. The van der Waals surface area contributed by atoms with Gasteiger partial charge in [-0.15, -0.1) is 24.0 Å². The van der Waals surface area contributed by atoms with Crippen molar-refractivity contribution in [3.8, 4) is 0 Å². The van der Waals surface area contributed by atoms with Crippen LogP contribution in [0.4, 0.5) is 5.69 Å². The summed E-state index contributed by atoms with van der Waals surface area (Å²) in [6.07, 6.45) is 0.274. The number of methoxy groups -OCH3 is 1. The van der Waals surface area contributed by atoms with Crippen molar-refractivity contribution in [1.29, 1.82) is 0 Å². The van der Waals surface area contributed by atoms with Gasteiger partial charge in [-0.25, -0.2) is 0 Å². The van der Waals surface area contributed by atoms with E-state index in [1.807, 2.05) is 32.0 Å². The highest BCUT2D eigenvalue weighted by atomic mass is 127. The average molecular weight is 499 g/mol. The van der Waals surface area contributed by atoms with Gasteiger partial charge in [-0.2, -0.15) is 0 Å². The van der Waals surface area contributed by atoms with Crippen LogP contribution in [0, 0.1) is 6.92 Å². The number of ether oxygens (including phenoxy) is 1. The van der Waals surface area contributed by atoms with E-state index < -0.39 is 0 Å². The SMILES string of the molecule is COCC(C)NC(N)=NCCC(=O)Nc1ccc(Br)cc1C.I. The van der Waals surface area contributed by atoms with Gasteiger partial charge in [0.15, 0.2) is 5.96 Å². The number of guanidine groups is 1. The van der Waals surface area contributed by atoms with Gasteiger partial charge in [-0.1, -0.05) is 15.9 Å². The monoisotopic (exact) mass is 498 g/mol. The predicted molar refractivity (Wildman–Crippen MR) is 109 cm³/mol. The molecule has 0 heterocycles. The highest BCUT2D eigenvalue weighted by molar-refractivity contribution is 14.0. The minimum absolute atomic E-state index is 0. The number of aliphatic imine (C=N–C) groups is 1. The van der Waals surface area contributed by atoms with Crippen molar-refractivity contribution in [3.05, 3.63) is 28.2 Å². The largest absolute Gasteiger partial charge is 0.383 e. The number of carbonyl (C=O) groups is 1. The van der Waals surface area contributed by atoms with Crippen LogP contribution >= 0.6 is 39.9 Å². The summed E-state index contributed by atoms with van der Waals surface area (Å²) >= 11 is 3.39. The first-order valence-corrected chi connectivity index (χ1v) is 7.83. The molecule has 0 spiro atoms. The lowest BCUT2D eigenvalue weighted by molar-refractivity contribution is -0.116. The molecular formula is C15H24BrIN4O2. The molecule has 1 rings (SSSR count). The van der Waals surface area contributed by atoms with Crippen molar-refractivity contribution in [1.82, 2.24) is 5.32 Å². The number of nitrogens with two attached hydrogens (primary N) is 1. The zero-order valence-corrected chi connectivity index (χ0v) is 17.5. The Bertz CT molecular complexity index is 540. The Kier molecular flexibility index (Phi) is 11.2. The number of anilines is 1. The minimum Gasteiger partial charge on any atom is -0.383 e. The number of halogens is 2. The van der Waals surface area contributed by atoms with Gasteiger partial charge in [0, 0.05) is 29.7 Å². The number of nitrogens with zero attached hydrogens (tertiary/aromatic N) is 1. The van der Waals surface area contributed by atoms with Crippen molar-refractivity contribution in [3.63, 3.8) is 0 Å². The first kappa shape index (κ1) is 22.1. The molecule has 6 nitrogen and oxygen atoms in total. The number of aryl methyl sites for hydroxylation is 1. The molecule has 1 aromatic carbocycles. The van der Waals surface area contributed by atoms with Crippen LogP contribution in [0.25, 0.3) is 0 Å². The highest BCUT2D eigenvalue weighted by Crippen LogP contribution is 2.20. The molecule has 4 N–H and O–H groups in total. The zero-order chi connectivity index (χ0) is 16.5.